The molecule has 2 N–H and O–H groups in total. The molecule has 1 aliphatic carbocycles. The third-order valence-corrected chi connectivity index (χ3v) is 7.92. The van der Waals surface area contributed by atoms with Gasteiger partial charge in [0.15, 0.2) is 0 Å². The number of anilines is 1. The number of aryl methyl sites for hydroxylation is 1. The standard InChI is InChI=1S/C30H43ClN2O4/c1-7-19(3)27-28(33-37-29(27)22-15-20(16-22)17-30(4,5)6)21(10-13-26(35)36)9-12-25(34)32-24-11-8-18(2)14-23(24)31/h8,11,14,19-22H,7,9-10,12-13,15-17H2,1-6H3,(H,32,34)(H,35,36). The first kappa shape index (κ1) is 29.2. The van der Waals surface area contributed by atoms with Crippen LogP contribution in [0.5, 0.6) is 0 Å². The van der Waals surface area contributed by atoms with Gasteiger partial charge < -0.3 is 14.9 Å². The Hall–Kier alpha value is -2.34. The average Bonchev–Trinajstić information content (AvgIpc) is 3.20. The molecular formula is C30H43ClN2O4. The molecule has 7 heteroatoms. The van der Waals surface area contributed by atoms with Gasteiger partial charge in [0.2, 0.25) is 5.91 Å². The summed E-state index contributed by atoms with van der Waals surface area (Å²) in [5, 5.41) is 17.3. The summed E-state index contributed by atoms with van der Waals surface area (Å²) in [6.45, 7) is 13.1. The number of halogens is 1. The minimum absolute atomic E-state index is 0.0231. The molecule has 1 aromatic carbocycles. The van der Waals surface area contributed by atoms with Gasteiger partial charge in [-0.25, -0.2) is 0 Å². The Morgan fingerprint density at radius 3 is 2.49 bits per heavy atom. The summed E-state index contributed by atoms with van der Waals surface area (Å²) >= 11 is 6.28. The van der Waals surface area contributed by atoms with Crippen molar-refractivity contribution in [2.45, 2.75) is 111 Å². The number of rotatable bonds is 12. The number of nitrogens with zero attached hydrogens (tertiary/aromatic N) is 1. The fourth-order valence-electron chi connectivity index (χ4n) is 5.55. The van der Waals surface area contributed by atoms with E-state index in [0.29, 0.717) is 40.8 Å². The number of aliphatic carboxylic acids is 1. The largest absolute Gasteiger partial charge is 0.481 e. The predicted octanol–water partition coefficient (Wildman–Crippen LogP) is 8.45. The molecule has 37 heavy (non-hydrogen) atoms. The number of carbonyl (C=O) groups excluding carboxylic acids is 1. The van der Waals surface area contributed by atoms with Crippen molar-refractivity contribution in [3.8, 4) is 0 Å². The highest BCUT2D eigenvalue weighted by Gasteiger charge is 2.39. The number of aromatic nitrogens is 1. The Morgan fingerprint density at radius 2 is 1.89 bits per heavy atom. The van der Waals surface area contributed by atoms with Crippen LogP contribution in [0.4, 0.5) is 5.69 Å². The number of carboxylic acids is 1. The number of nitrogens with one attached hydrogen (secondary N) is 1. The molecule has 2 aromatic rings. The van der Waals surface area contributed by atoms with Crippen molar-refractivity contribution < 1.29 is 19.2 Å². The summed E-state index contributed by atoms with van der Waals surface area (Å²) in [5.74, 6) is 1.13. The van der Waals surface area contributed by atoms with E-state index in [1.165, 1.54) is 6.42 Å². The maximum absolute atomic E-state index is 12.8. The molecule has 1 aromatic heterocycles. The molecule has 0 bridgehead atoms. The fraction of sp³-hybridized carbons (Fsp3) is 0.633. The second kappa shape index (κ2) is 12.5. The Kier molecular flexibility index (Phi) is 9.85. The zero-order valence-corrected chi connectivity index (χ0v) is 24.0. The molecule has 204 valence electrons. The van der Waals surface area contributed by atoms with Crippen LogP contribution in [0, 0.1) is 18.3 Å². The van der Waals surface area contributed by atoms with Crippen LogP contribution >= 0.6 is 11.6 Å². The highest BCUT2D eigenvalue weighted by molar-refractivity contribution is 6.33. The van der Waals surface area contributed by atoms with Gasteiger partial charge in [0.1, 0.15) is 5.76 Å². The second-order valence-electron chi connectivity index (χ2n) is 12.2. The number of hydrogen-bond acceptors (Lipinski definition) is 4. The molecule has 0 radical (unpaired) electrons. The molecular weight excluding hydrogens is 488 g/mol. The summed E-state index contributed by atoms with van der Waals surface area (Å²) in [6, 6.07) is 5.52. The van der Waals surface area contributed by atoms with Crippen LogP contribution in [0.15, 0.2) is 22.7 Å². The fourth-order valence-corrected chi connectivity index (χ4v) is 5.83. The monoisotopic (exact) mass is 530 g/mol. The van der Waals surface area contributed by atoms with Gasteiger partial charge in [0, 0.05) is 30.2 Å². The van der Waals surface area contributed by atoms with Crippen LogP contribution in [-0.2, 0) is 9.59 Å². The number of hydrogen-bond donors (Lipinski definition) is 2. The van der Waals surface area contributed by atoms with E-state index in [1.807, 2.05) is 19.1 Å². The highest BCUT2D eigenvalue weighted by atomic mass is 35.5. The Bertz CT molecular complexity index is 1080. The lowest BCUT2D eigenvalue weighted by molar-refractivity contribution is -0.137. The van der Waals surface area contributed by atoms with Crippen molar-refractivity contribution in [3.05, 3.63) is 45.8 Å². The van der Waals surface area contributed by atoms with Crippen molar-refractivity contribution in [1.82, 2.24) is 5.16 Å². The van der Waals surface area contributed by atoms with E-state index < -0.39 is 5.97 Å². The van der Waals surface area contributed by atoms with Gasteiger partial charge in [-0.1, -0.05) is 57.4 Å². The van der Waals surface area contributed by atoms with Gasteiger partial charge in [-0.3, -0.25) is 9.59 Å². The number of carbonyl (C=O) groups is 2. The molecule has 1 heterocycles. The zero-order valence-electron chi connectivity index (χ0n) is 23.2. The SMILES string of the molecule is CCC(C)c1c(C(CCC(=O)O)CCC(=O)Nc2ccc(C)cc2Cl)noc1C1CC(CC(C)(C)C)C1. The third kappa shape index (κ3) is 8.07. The smallest absolute Gasteiger partial charge is 0.303 e. The summed E-state index contributed by atoms with van der Waals surface area (Å²) in [4.78, 5) is 24.2. The maximum atomic E-state index is 12.8. The zero-order chi connectivity index (χ0) is 27.3. The van der Waals surface area contributed by atoms with Crippen molar-refractivity contribution in [1.29, 1.82) is 0 Å². The third-order valence-electron chi connectivity index (χ3n) is 7.61. The maximum Gasteiger partial charge on any atom is 0.303 e. The van der Waals surface area contributed by atoms with Crippen molar-refractivity contribution in [2.75, 3.05) is 5.32 Å². The van der Waals surface area contributed by atoms with Gasteiger partial charge in [-0.15, -0.1) is 0 Å². The minimum atomic E-state index is -0.848. The lowest BCUT2D eigenvalue weighted by Gasteiger charge is -2.38. The molecule has 1 saturated carbocycles. The van der Waals surface area contributed by atoms with Gasteiger partial charge in [0.05, 0.1) is 16.4 Å². The predicted molar refractivity (Wildman–Crippen MR) is 148 cm³/mol. The Labute approximate surface area is 226 Å². The van der Waals surface area contributed by atoms with Crippen molar-refractivity contribution in [3.63, 3.8) is 0 Å². The lowest BCUT2D eigenvalue weighted by atomic mass is 9.66. The number of benzene rings is 1. The van der Waals surface area contributed by atoms with E-state index in [0.717, 1.165) is 41.8 Å². The first-order valence-electron chi connectivity index (χ1n) is 13.6. The lowest BCUT2D eigenvalue weighted by Crippen LogP contribution is -2.26. The van der Waals surface area contributed by atoms with Gasteiger partial charge in [0.25, 0.3) is 0 Å². The topological polar surface area (TPSA) is 92.4 Å². The molecule has 1 amide bonds. The van der Waals surface area contributed by atoms with Crippen LogP contribution in [-0.4, -0.2) is 22.1 Å². The molecule has 0 spiro atoms. The molecule has 6 nitrogen and oxygen atoms in total. The molecule has 1 aliphatic rings. The van der Waals surface area contributed by atoms with E-state index in [1.54, 1.807) is 6.07 Å². The van der Waals surface area contributed by atoms with Crippen LogP contribution in [0.25, 0.3) is 0 Å². The molecule has 0 aliphatic heterocycles. The number of amides is 1. The quantitative estimate of drug-likeness (QED) is 0.287. The Morgan fingerprint density at radius 1 is 1.22 bits per heavy atom. The second-order valence-corrected chi connectivity index (χ2v) is 12.6. The van der Waals surface area contributed by atoms with Crippen LogP contribution < -0.4 is 5.32 Å². The normalized spacial score (nSPS) is 19.2. The van der Waals surface area contributed by atoms with Gasteiger partial charge >= 0.3 is 5.97 Å². The summed E-state index contributed by atoms with van der Waals surface area (Å²) < 4.78 is 6.00. The molecule has 0 saturated heterocycles. The van der Waals surface area contributed by atoms with Crippen LogP contribution in [0.1, 0.15) is 126 Å². The first-order valence-corrected chi connectivity index (χ1v) is 14.0. The van der Waals surface area contributed by atoms with E-state index in [9.17, 15) is 14.7 Å². The molecule has 3 rings (SSSR count). The highest BCUT2D eigenvalue weighted by Crippen LogP contribution is 2.50. The van der Waals surface area contributed by atoms with Crippen molar-refractivity contribution >= 4 is 29.2 Å². The summed E-state index contributed by atoms with van der Waals surface area (Å²) in [5.41, 5.74) is 3.89. The van der Waals surface area contributed by atoms with E-state index in [2.05, 4.69) is 45.1 Å². The van der Waals surface area contributed by atoms with E-state index in [4.69, 9.17) is 16.1 Å². The Balaban J connectivity index is 1.77. The van der Waals surface area contributed by atoms with Gasteiger partial charge in [-0.2, -0.15) is 0 Å². The van der Waals surface area contributed by atoms with E-state index in [-0.39, 0.29) is 30.6 Å². The molecule has 1 fully saturated rings. The van der Waals surface area contributed by atoms with Crippen LogP contribution in [0.2, 0.25) is 5.02 Å². The summed E-state index contributed by atoms with van der Waals surface area (Å²) in [7, 11) is 0. The first-order chi connectivity index (χ1) is 17.4. The molecule has 2 atom stereocenters. The summed E-state index contributed by atoms with van der Waals surface area (Å²) in [6.07, 6.45) is 5.53. The van der Waals surface area contributed by atoms with Gasteiger partial charge in [-0.05, 0) is 80.4 Å². The van der Waals surface area contributed by atoms with E-state index >= 15 is 0 Å². The molecule has 2 unspecified atom stereocenters. The minimum Gasteiger partial charge on any atom is -0.481 e. The number of carboxylic acid groups (broad SMARTS) is 1. The van der Waals surface area contributed by atoms with Crippen molar-refractivity contribution in [2.24, 2.45) is 11.3 Å². The average molecular weight is 531 g/mol. The van der Waals surface area contributed by atoms with Crippen LogP contribution in [0.3, 0.4) is 0 Å².